The first-order valence-electron chi connectivity index (χ1n) is 5.69. The molecule has 0 aliphatic heterocycles. The average molecular weight is 280 g/mol. The Labute approximate surface area is 113 Å². The van der Waals surface area contributed by atoms with Gasteiger partial charge in [0, 0.05) is 0 Å². The Morgan fingerprint density at radius 2 is 1.67 bits per heavy atom. The zero-order valence-corrected chi connectivity index (χ0v) is 12.6. The standard InChI is InChI=1S/C12H22ClNO4/c1-11(2,3)8(9(15)17-7-13)14-10(16)18-12(4,5)6/h8H,7H2,1-6H3,(H,14,16)/t8-/m1/s1. The summed E-state index contributed by atoms with van der Waals surface area (Å²) in [7, 11) is 0. The van der Waals surface area contributed by atoms with E-state index in [0.29, 0.717) is 0 Å². The molecule has 0 aromatic rings. The Morgan fingerprint density at radius 3 is 2.00 bits per heavy atom. The molecule has 0 saturated heterocycles. The number of alkyl carbamates (subject to hydrolysis) is 1. The molecule has 1 N–H and O–H groups in total. The molecule has 0 saturated carbocycles. The van der Waals surface area contributed by atoms with Crippen molar-refractivity contribution in [3.63, 3.8) is 0 Å². The highest BCUT2D eigenvalue weighted by atomic mass is 35.5. The van der Waals surface area contributed by atoms with Crippen molar-refractivity contribution in [3.8, 4) is 0 Å². The van der Waals surface area contributed by atoms with Crippen LogP contribution in [0.25, 0.3) is 0 Å². The number of nitrogens with one attached hydrogen (secondary N) is 1. The highest BCUT2D eigenvalue weighted by Gasteiger charge is 2.35. The smallest absolute Gasteiger partial charge is 0.408 e. The van der Waals surface area contributed by atoms with Crippen LogP contribution >= 0.6 is 11.6 Å². The summed E-state index contributed by atoms with van der Waals surface area (Å²) < 4.78 is 9.82. The molecule has 0 aliphatic carbocycles. The molecule has 6 heteroatoms. The molecular weight excluding hydrogens is 258 g/mol. The largest absolute Gasteiger partial charge is 0.448 e. The van der Waals surface area contributed by atoms with Crippen molar-refractivity contribution in [1.82, 2.24) is 5.32 Å². The molecule has 0 aromatic heterocycles. The minimum Gasteiger partial charge on any atom is -0.448 e. The van der Waals surface area contributed by atoms with E-state index in [1.54, 1.807) is 20.8 Å². The zero-order chi connectivity index (χ0) is 14.6. The molecule has 106 valence electrons. The van der Waals surface area contributed by atoms with Gasteiger partial charge in [-0.1, -0.05) is 32.4 Å². The van der Waals surface area contributed by atoms with Gasteiger partial charge < -0.3 is 14.8 Å². The van der Waals surface area contributed by atoms with Crippen LogP contribution in [0.1, 0.15) is 41.5 Å². The second kappa shape index (κ2) is 6.27. The van der Waals surface area contributed by atoms with Gasteiger partial charge in [0.05, 0.1) is 0 Å². The molecule has 0 aliphatic rings. The van der Waals surface area contributed by atoms with Crippen LogP contribution in [-0.2, 0) is 14.3 Å². The summed E-state index contributed by atoms with van der Waals surface area (Å²) in [5.41, 5.74) is -1.12. The lowest BCUT2D eigenvalue weighted by Crippen LogP contribution is -2.51. The fourth-order valence-electron chi connectivity index (χ4n) is 1.19. The van der Waals surface area contributed by atoms with Crippen LogP contribution < -0.4 is 5.32 Å². The summed E-state index contributed by atoms with van der Waals surface area (Å²) >= 11 is 5.35. The number of hydrogen-bond acceptors (Lipinski definition) is 4. The summed E-state index contributed by atoms with van der Waals surface area (Å²) in [5.74, 6) is -0.580. The fraction of sp³-hybridized carbons (Fsp3) is 0.833. The number of esters is 1. The SMILES string of the molecule is CC(C)(C)OC(=O)N[C@H](C(=O)OCCl)C(C)(C)C. The first kappa shape index (κ1) is 17.0. The van der Waals surface area contributed by atoms with Crippen molar-refractivity contribution in [3.05, 3.63) is 0 Å². The summed E-state index contributed by atoms with van der Waals surface area (Å²) in [6.07, 6.45) is -0.658. The normalized spacial score (nSPS) is 13.7. The van der Waals surface area contributed by atoms with Crippen LogP contribution in [-0.4, -0.2) is 29.8 Å². The molecule has 0 rings (SSSR count). The average Bonchev–Trinajstić information content (AvgIpc) is 2.09. The van der Waals surface area contributed by atoms with E-state index in [1.165, 1.54) is 0 Å². The fourth-order valence-corrected chi connectivity index (χ4v) is 1.30. The van der Waals surface area contributed by atoms with E-state index in [0.717, 1.165) is 0 Å². The third-order valence-electron chi connectivity index (χ3n) is 1.96. The van der Waals surface area contributed by atoms with E-state index >= 15 is 0 Å². The van der Waals surface area contributed by atoms with E-state index in [1.807, 2.05) is 20.8 Å². The van der Waals surface area contributed by atoms with Gasteiger partial charge in [0.25, 0.3) is 0 Å². The van der Waals surface area contributed by atoms with Crippen molar-refractivity contribution in [2.24, 2.45) is 5.41 Å². The Balaban J connectivity index is 4.72. The van der Waals surface area contributed by atoms with E-state index in [9.17, 15) is 9.59 Å². The third-order valence-corrected chi connectivity index (χ3v) is 2.07. The summed E-state index contributed by atoms with van der Waals surface area (Å²) in [5, 5.41) is 2.50. The molecule has 1 atom stereocenters. The van der Waals surface area contributed by atoms with Gasteiger partial charge in [-0.25, -0.2) is 9.59 Å². The first-order valence-corrected chi connectivity index (χ1v) is 6.23. The second-order valence-electron chi connectivity index (χ2n) is 6.02. The molecule has 0 aromatic carbocycles. The van der Waals surface area contributed by atoms with Crippen LogP contribution in [0.4, 0.5) is 4.79 Å². The first-order chi connectivity index (χ1) is 7.97. The molecule has 0 spiro atoms. The lowest BCUT2D eigenvalue weighted by atomic mass is 9.87. The van der Waals surface area contributed by atoms with Gasteiger partial charge in [-0.05, 0) is 26.2 Å². The van der Waals surface area contributed by atoms with Crippen molar-refractivity contribution in [2.45, 2.75) is 53.2 Å². The maximum Gasteiger partial charge on any atom is 0.408 e. The maximum atomic E-state index is 11.7. The predicted octanol–water partition coefficient (Wildman–Crippen LogP) is 2.67. The van der Waals surface area contributed by atoms with E-state index in [4.69, 9.17) is 21.1 Å². The maximum absolute atomic E-state index is 11.7. The monoisotopic (exact) mass is 279 g/mol. The van der Waals surface area contributed by atoms with Crippen molar-refractivity contribution in [2.75, 3.05) is 6.07 Å². The Hall–Kier alpha value is -0.970. The molecule has 0 radical (unpaired) electrons. The van der Waals surface area contributed by atoms with Gasteiger partial charge in [0.1, 0.15) is 11.6 Å². The van der Waals surface area contributed by atoms with Crippen molar-refractivity contribution >= 4 is 23.7 Å². The Kier molecular flexibility index (Phi) is 5.93. The van der Waals surface area contributed by atoms with Gasteiger partial charge >= 0.3 is 12.1 Å². The molecule has 18 heavy (non-hydrogen) atoms. The lowest BCUT2D eigenvalue weighted by Gasteiger charge is -2.30. The lowest BCUT2D eigenvalue weighted by molar-refractivity contribution is -0.147. The highest BCUT2D eigenvalue weighted by molar-refractivity contribution is 6.17. The molecule has 1 amide bonds. The topological polar surface area (TPSA) is 64.6 Å². The van der Waals surface area contributed by atoms with Crippen LogP contribution in [0.5, 0.6) is 0 Å². The molecule has 5 nitrogen and oxygen atoms in total. The minimum absolute atomic E-state index is 0.249. The van der Waals surface area contributed by atoms with Crippen LogP contribution in [0.3, 0.4) is 0 Å². The number of amides is 1. The summed E-state index contributed by atoms with van der Waals surface area (Å²) in [6.45, 7) is 10.7. The van der Waals surface area contributed by atoms with Gasteiger partial charge in [0.2, 0.25) is 0 Å². The number of hydrogen-bond donors (Lipinski definition) is 1. The molecule has 0 fully saturated rings. The predicted molar refractivity (Wildman–Crippen MR) is 69.4 cm³/mol. The summed E-state index contributed by atoms with van der Waals surface area (Å²) in [6, 6.07) is -1.06. The van der Waals surface area contributed by atoms with Gasteiger partial charge in [-0.3, -0.25) is 0 Å². The molecular formula is C12H22ClNO4. The number of alkyl halides is 1. The van der Waals surface area contributed by atoms with E-state index in [2.05, 4.69) is 5.32 Å². The second-order valence-corrected chi connectivity index (χ2v) is 6.24. The summed E-state index contributed by atoms with van der Waals surface area (Å²) in [4.78, 5) is 23.4. The van der Waals surface area contributed by atoms with Gasteiger partial charge in [-0.2, -0.15) is 0 Å². The van der Waals surface area contributed by atoms with Crippen molar-refractivity contribution < 1.29 is 19.1 Å². The molecule has 0 bridgehead atoms. The van der Waals surface area contributed by atoms with Crippen LogP contribution in [0, 0.1) is 5.41 Å². The highest BCUT2D eigenvalue weighted by Crippen LogP contribution is 2.21. The quantitative estimate of drug-likeness (QED) is 0.637. The number of halogens is 1. The Morgan fingerprint density at radius 1 is 1.17 bits per heavy atom. The Bertz CT molecular complexity index is 304. The zero-order valence-electron chi connectivity index (χ0n) is 11.8. The molecule has 0 heterocycles. The van der Waals surface area contributed by atoms with E-state index < -0.39 is 29.1 Å². The van der Waals surface area contributed by atoms with Gasteiger partial charge in [-0.15, -0.1) is 0 Å². The number of carbonyl (C=O) groups is 2. The minimum atomic E-state index is -0.814. The van der Waals surface area contributed by atoms with Crippen molar-refractivity contribution in [1.29, 1.82) is 0 Å². The third kappa shape index (κ3) is 6.69. The number of ether oxygens (including phenoxy) is 2. The van der Waals surface area contributed by atoms with E-state index in [-0.39, 0.29) is 6.07 Å². The number of rotatable bonds is 3. The van der Waals surface area contributed by atoms with Crippen LogP contribution in [0.2, 0.25) is 0 Å². The number of carbonyl (C=O) groups excluding carboxylic acids is 2. The molecule has 0 unspecified atom stereocenters. The van der Waals surface area contributed by atoms with Crippen LogP contribution in [0.15, 0.2) is 0 Å². The van der Waals surface area contributed by atoms with Gasteiger partial charge in [0.15, 0.2) is 6.07 Å².